The summed E-state index contributed by atoms with van der Waals surface area (Å²) in [6, 6.07) is 4.97. The molecule has 1 heterocycles. The number of anilines is 1. The first-order chi connectivity index (χ1) is 10.1. The smallest absolute Gasteiger partial charge is 0.307 e. The zero-order chi connectivity index (χ0) is 15.0. The standard InChI is InChI=1S/C13H11ClN4O3/c14-7-1-2-11(18-6-15-5-16-18)10(3-7)17-12(19)8-4-9(8)13(20)21/h1-3,5-6,8-9H,4H2,(H,17,19)(H,20,21)/t8-,9+/m1/s1. The van der Waals surface area contributed by atoms with E-state index in [2.05, 4.69) is 15.4 Å². The van der Waals surface area contributed by atoms with Gasteiger partial charge in [-0.25, -0.2) is 9.67 Å². The molecule has 2 aromatic rings. The summed E-state index contributed by atoms with van der Waals surface area (Å²) in [5, 5.41) is 16.0. The molecule has 1 aromatic heterocycles. The van der Waals surface area contributed by atoms with Gasteiger partial charge >= 0.3 is 5.97 Å². The number of hydrogen-bond acceptors (Lipinski definition) is 4. The molecule has 0 unspecified atom stereocenters. The van der Waals surface area contributed by atoms with E-state index in [1.807, 2.05) is 0 Å². The van der Waals surface area contributed by atoms with Gasteiger partial charge < -0.3 is 10.4 Å². The Bertz CT molecular complexity index is 701. The number of amides is 1. The molecule has 3 rings (SSSR count). The minimum atomic E-state index is -0.947. The van der Waals surface area contributed by atoms with Gasteiger partial charge in [0.15, 0.2) is 0 Å². The Balaban J connectivity index is 1.84. The lowest BCUT2D eigenvalue weighted by Gasteiger charge is -2.11. The highest BCUT2D eigenvalue weighted by molar-refractivity contribution is 6.31. The minimum absolute atomic E-state index is 0.328. The summed E-state index contributed by atoms with van der Waals surface area (Å²) in [5.41, 5.74) is 1.08. The molecule has 1 aromatic carbocycles. The van der Waals surface area contributed by atoms with Crippen LogP contribution in [-0.4, -0.2) is 31.7 Å². The predicted molar refractivity (Wildman–Crippen MR) is 74.2 cm³/mol. The summed E-state index contributed by atoms with van der Waals surface area (Å²) >= 11 is 5.95. The highest BCUT2D eigenvalue weighted by Crippen LogP contribution is 2.39. The molecule has 1 fully saturated rings. The molecule has 0 aliphatic heterocycles. The number of nitrogens with one attached hydrogen (secondary N) is 1. The first kappa shape index (κ1) is 13.6. The van der Waals surface area contributed by atoms with Crippen LogP contribution in [0, 0.1) is 11.8 Å². The number of benzene rings is 1. The molecule has 0 bridgehead atoms. The van der Waals surface area contributed by atoms with Crippen molar-refractivity contribution in [3.05, 3.63) is 35.9 Å². The largest absolute Gasteiger partial charge is 0.481 e. The van der Waals surface area contributed by atoms with Gasteiger partial charge in [0.05, 0.1) is 23.2 Å². The molecular weight excluding hydrogens is 296 g/mol. The third-order valence-electron chi connectivity index (χ3n) is 3.33. The summed E-state index contributed by atoms with van der Waals surface area (Å²) in [5.74, 6) is -2.37. The van der Waals surface area contributed by atoms with Crippen molar-refractivity contribution < 1.29 is 14.7 Å². The molecular formula is C13H11ClN4O3. The summed E-state index contributed by atoms with van der Waals surface area (Å²) in [6.07, 6.45) is 3.23. The first-order valence-corrected chi connectivity index (χ1v) is 6.62. The number of nitrogens with zero attached hydrogens (tertiary/aromatic N) is 3. The van der Waals surface area contributed by atoms with Gasteiger partial charge in [0, 0.05) is 5.02 Å². The van der Waals surface area contributed by atoms with Crippen LogP contribution < -0.4 is 5.32 Å². The van der Waals surface area contributed by atoms with Crippen molar-refractivity contribution in [3.63, 3.8) is 0 Å². The Morgan fingerprint density at radius 1 is 1.38 bits per heavy atom. The molecule has 1 amide bonds. The van der Waals surface area contributed by atoms with E-state index in [0.29, 0.717) is 22.8 Å². The zero-order valence-electron chi connectivity index (χ0n) is 10.7. The number of aromatic nitrogens is 3. The zero-order valence-corrected chi connectivity index (χ0v) is 11.5. The number of carbonyl (C=O) groups excluding carboxylic acids is 1. The molecule has 1 saturated carbocycles. The fourth-order valence-corrected chi connectivity index (χ4v) is 2.30. The molecule has 7 nitrogen and oxygen atoms in total. The summed E-state index contributed by atoms with van der Waals surface area (Å²) < 4.78 is 1.49. The molecule has 8 heteroatoms. The lowest BCUT2D eigenvalue weighted by molar-refractivity contribution is -0.139. The van der Waals surface area contributed by atoms with Crippen molar-refractivity contribution >= 4 is 29.2 Å². The summed E-state index contributed by atoms with van der Waals surface area (Å²) in [6.45, 7) is 0. The molecule has 108 valence electrons. The second-order valence-corrected chi connectivity index (χ2v) is 5.21. The number of carbonyl (C=O) groups is 2. The van der Waals surface area contributed by atoms with Crippen LogP contribution in [0.4, 0.5) is 5.69 Å². The van der Waals surface area contributed by atoms with Crippen molar-refractivity contribution in [2.24, 2.45) is 11.8 Å². The van der Waals surface area contributed by atoms with Gasteiger partial charge in [-0.05, 0) is 24.6 Å². The highest BCUT2D eigenvalue weighted by atomic mass is 35.5. The van der Waals surface area contributed by atoms with Crippen LogP contribution >= 0.6 is 11.6 Å². The Morgan fingerprint density at radius 3 is 2.81 bits per heavy atom. The Hall–Kier alpha value is -2.41. The quantitative estimate of drug-likeness (QED) is 0.894. The van der Waals surface area contributed by atoms with Gasteiger partial charge in [0.25, 0.3) is 0 Å². The molecule has 2 atom stereocenters. The summed E-state index contributed by atoms with van der Waals surface area (Å²) in [4.78, 5) is 26.7. The van der Waals surface area contributed by atoms with Gasteiger partial charge in [-0.15, -0.1) is 0 Å². The second kappa shape index (κ2) is 5.17. The molecule has 0 saturated heterocycles. The van der Waals surface area contributed by atoms with Crippen LogP contribution in [0.2, 0.25) is 5.02 Å². The monoisotopic (exact) mass is 306 g/mol. The molecule has 0 spiro atoms. The van der Waals surface area contributed by atoms with Crippen molar-refractivity contribution in [1.29, 1.82) is 0 Å². The number of carboxylic acid groups (broad SMARTS) is 1. The molecule has 0 radical (unpaired) electrons. The normalized spacial score (nSPS) is 20.0. The van der Waals surface area contributed by atoms with Crippen molar-refractivity contribution in [1.82, 2.24) is 14.8 Å². The maximum Gasteiger partial charge on any atom is 0.307 e. The van der Waals surface area contributed by atoms with Crippen molar-refractivity contribution in [3.8, 4) is 5.69 Å². The van der Waals surface area contributed by atoms with E-state index in [1.54, 1.807) is 18.2 Å². The van der Waals surface area contributed by atoms with Gasteiger partial charge in [-0.2, -0.15) is 5.10 Å². The van der Waals surface area contributed by atoms with Crippen LogP contribution in [0.5, 0.6) is 0 Å². The van der Waals surface area contributed by atoms with E-state index >= 15 is 0 Å². The van der Waals surface area contributed by atoms with E-state index < -0.39 is 17.8 Å². The Kier molecular flexibility index (Phi) is 3.34. The minimum Gasteiger partial charge on any atom is -0.481 e. The molecule has 2 N–H and O–H groups in total. The van der Waals surface area contributed by atoms with Gasteiger partial charge in [0.2, 0.25) is 5.91 Å². The van der Waals surface area contributed by atoms with Crippen LogP contribution in [-0.2, 0) is 9.59 Å². The van der Waals surface area contributed by atoms with E-state index in [-0.39, 0.29) is 5.91 Å². The molecule has 1 aliphatic rings. The van der Waals surface area contributed by atoms with E-state index in [4.69, 9.17) is 16.7 Å². The van der Waals surface area contributed by atoms with Gasteiger partial charge in [0.1, 0.15) is 12.7 Å². The highest BCUT2D eigenvalue weighted by Gasteiger charge is 2.48. The SMILES string of the molecule is O=C(O)[C@H]1C[C@H]1C(=O)Nc1cc(Cl)ccc1-n1cncn1. The van der Waals surface area contributed by atoms with Gasteiger partial charge in [-0.3, -0.25) is 9.59 Å². The fourth-order valence-electron chi connectivity index (χ4n) is 2.12. The van der Waals surface area contributed by atoms with E-state index in [1.165, 1.54) is 17.3 Å². The predicted octanol–water partition coefficient (Wildman–Crippen LogP) is 1.58. The molecule has 1 aliphatic carbocycles. The van der Waals surface area contributed by atoms with Crippen LogP contribution in [0.25, 0.3) is 5.69 Å². The number of rotatable bonds is 4. The summed E-state index contributed by atoms with van der Waals surface area (Å²) in [7, 11) is 0. The average molecular weight is 307 g/mol. The number of carboxylic acids is 1. The average Bonchev–Trinajstić information content (AvgIpc) is 3.08. The third kappa shape index (κ3) is 2.73. The molecule has 21 heavy (non-hydrogen) atoms. The van der Waals surface area contributed by atoms with Gasteiger partial charge in [-0.1, -0.05) is 11.6 Å². The lowest BCUT2D eigenvalue weighted by atomic mass is 10.2. The van der Waals surface area contributed by atoms with E-state index in [9.17, 15) is 9.59 Å². The van der Waals surface area contributed by atoms with Crippen LogP contribution in [0.1, 0.15) is 6.42 Å². The number of halogens is 1. The number of hydrogen-bond donors (Lipinski definition) is 2. The lowest BCUT2D eigenvalue weighted by Crippen LogP contribution is -2.18. The Labute approximate surface area is 124 Å². The van der Waals surface area contributed by atoms with Crippen molar-refractivity contribution in [2.45, 2.75) is 6.42 Å². The fraction of sp³-hybridized carbons (Fsp3) is 0.231. The first-order valence-electron chi connectivity index (χ1n) is 6.24. The van der Waals surface area contributed by atoms with Crippen LogP contribution in [0.15, 0.2) is 30.9 Å². The maximum absolute atomic E-state index is 12.1. The number of aliphatic carboxylic acids is 1. The van der Waals surface area contributed by atoms with Crippen molar-refractivity contribution in [2.75, 3.05) is 5.32 Å². The van der Waals surface area contributed by atoms with E-state index in [0.717, 1.165) is 0 Å². The second-order valence-electron chi connectivity index (χ2n) is 4.78. The van der Waals surface area contributed by atoms with Crippen LogP contribution in [0.3, 0.4) is 0 Å². The Morgan fingerprint density at radius 2 is 2.19 bits per heavy atom. The topological polar surface area (TPSA) is 97.1 Å². The third-order valence-corrected chi connectivity index (χ3v) is 3.56. The maximum atomic E-state index is 12.1.